The summed E-state index contributed by atoms with van der Waals surface area (Å²) in [4.78, 5) is 17.6. The normalized spacial score (nSPS) is 28.5. The van der Waals surface area contributed by atoms with E-state index in [1.165, 1.54) is 25.7 Å². The topological polar surface area (TPSA) is 70.0 Å². The Balaban J connectivity index is 1.49. The largest absolute Gasteiger partial charge is 0.335 e. The Hall–Kier alpha value is -1.89. The number of amidine groups is 1. The fourth-order valence-electron chi connectivity index (χ4n) is 5.66. The third kappa shape index (κ3) is 3.37. The highest BCUT2D eigenvalue weighted by Gasteiger charge is 2.37. The molecule has 6 nitrogen and oxygen atoms in total. The van der Waals surface area contributed by atoms with Gasteiger partial charge in [0, 0.05) is 31.1 Å². The van der Waals surface area contributed by atoms with Crippen LogP contribution in [0, 0.1) is 5.92 Å². The third-order valence-electron chi connectivity index (χ3n) is 7.10. The summed E-state index contributed by atoms with van der Waals surface area (Å²) in [5, 5.41) is 0. The molecule has 0 bridgehead atoms. The number of nitrogens with zero attached hydrogens (tertiary/aromatic N) is 3. The lowest BCUT2D eigenvalue weighted by atomic mass is 9.78. The summed E-state index contributed by atoms with van der Waals surface area (Å²) in [5.74, 6) is 1.23. The van der Waals surface area contributed by atoms with Crippen molar-refractivity contribution in [2.45, 2.75) is 75.1 Å². The summed E-state index contributed by atoms with van der Waals surface area (Å²) in [6.45, 7) is 1.56. The summed E-state index contributed by atoms with van der Waals surface area (Å²) in [6, 6.07) is 5.53. The monoisotopic (exact) mass is 415 g/mol. The number of piperidine rings is 1. The van der Waals surface area contributed by atoms with Gasteiger partial charge in [-0.3, -0.25) is 4.79 Å². The first-order chi connectivity index (χ1) is 14.0. The molecule has 0 aromatic heterocycles. The zero-order valence-corrected chi connectivity index (χ0v) is 17.7. The standard InChI is InChI=1S/C22H29N3O3S/c26-22(25-14-6-8-16-7-3-4-9-18(16)25)17-11-12-19-20(15-17)29(27,28)23-21-10-2-1-5-13-24(19)21/h11-12,15-16,18H,1-10,13-14H2/t16-,18+/m1/s1. The van der Waals surface area contributed by atoms with Crippen LogP contribution in [0.1, 0.15) is 74.6 Å². The predicted octanol–water partition coefficient (Wildman–Crippen LogP) is 3.96. The van der Waals surface area contributed by atoms with Crippen molar-refractivity contribution in [1.82, 2.24) is 4.90 Å². The number of hydrogen-bond acceptors (Lipinski definition) is 4. The average molecular weight is 416 g/mol. The van der Waals surface area contributed by atoms with E-state index < -0.39 is 10.0 Å². The fourth-order valence-corrected chi connectivity index (χ4v) is 6.94. The molecule has 0 radical (unpaired) electrons. The smallest absolute Gasteiger partial charge is 0.286 e. The lowest BCUT2D eigenvalue weighted by Gasteiger charge is -2.44. The van der Waals surface area contributed by atoms with Crippen LogP contribution in [0.3, 0.4) is 0 Å². The van der Waals surface area contributed by atoms with Crippen molar-refractivity contribution in [1.29, 1.82) is 0 Å². The van der Waals surface area contributed by atoms with Gasteiger partial charge < -0.3 is 9.80 Å². The second kappa shape index (κ2) is 7.42. The molecule has 2 atom stereocenters. The van der Waals surface area contributed by atoms with Gasteiger partial charge in [0.2, 0.25) is 0 Å². The zero-order chi connectivity index (χ0) is 20.0. The molecule has 0 spiro atoms. The van der Waals surface area contributed by atoms with Crippen LogP contribution in [0.2, 0.25) is 0 Å². The second-order valence-electron chi connectivity index (χ2n) is 8.88. The number of benzene rings is 1. The highest BCUT2D eigenvalue weighted by atomic mass is 32.2. The SMILES string of the molecule is O=C(c1ccc2c(c1)S(=O)(=O)N=C1CCCCCN12)N1CCC[C@H]2CCCC[C@@H]21. The van der Waals surface area contributed by atoms with Crippen molar-refractivity contribution in [2.24, 2.45) is 10.3 Å². The molecule has 1 amide bonds. The van der Waals surface area contributed by atoms with Gasteiger partial charge in [-0.05, 0) is 62.6 Å². The van der Waals surface area contributed by atoms with Crippen molar-refractivity contribution < 1.29 is 13.2 Å². The van der Waals surface area contributed by atoms with Gasteiger partial charge in [-0.25, -0.2) is 0 Å². The number of rotatable bonds is 1. The summed E-state index contributed by atoms with van der Waals surface area (Å²) in [7, 11) is -3.76. The first-order valence-corrected chi connectivity index (χ1v) is 12.5. The van der Waals surface area contributed by atoms with E-state index in [4.69, 9.17) is 0 Å². The molecular weight excluding hydrogens is 386 g/mol. The number of carbonyl (C=O) groups excluding carboxylic acids is 1. The Labute approximate surface area is 173 Å². The van der Waals surface area contributed by atoms with Crippen LogP contribution in [-0.4, -0.2) is 44.2 Å². The quantitative estimate of drug-likeness (QED) is 0.696. The summed E-state index contributed by atoms with van der Waals surface area (Å²) in [5.41, 5.74) is 1.16. The predicted molar refractivity (Wildman–Crippen MR) is 113 cm³/mol. The van der Waals surface area contributed by atoms with Gasteiger partial charge in [0.05, 0.1) is 5.69 Å². The highest BCUT2D eigenvalue weighted by Crippen LogP contribution is 2.38. The maximum Gasteiger partial charge on any atom is 0.286 e. The highest BCUT2D eigenvalue weighted by molar-refractivity contribution is 7.90. The lowest BCUT2D eigenvalue weighted by molar-refractivity contribution is 0.0390. The molecule has 5 rings (SSSR count). The fraction of sp³-hybridized carbons (Fsp3) is 0.636. The third-order valence-corrected chi connectivity index (χ3v) is 8.43. The van der Waals surface area contributed by atoms with E-state index in [2.05, 4.69) is 4.40 Å². The Bertz CT molecular complexity index is 954. The minimum atomic E-state index is -3.76. The van der Waals surface area contributed by atoms with Gasteiger partial charge in [0.1, 0.15) is 10.7 Å². The molecule has 1 aliphatic carbocycles. The first-order valence-electron chi connectivity index (χ1n) is 11.1. The molecule has 1 aromatic carbocycles. The molecule has 0 unspecified atom stereocenters. The van der Waals surface area contributed by atoms with E-state index in [0.717, 1.165) is 45.2 Å². The van der Waals surface area contributed by atoms with Crippen molar-refractivity contribution in [2.75, 3.05) is 18.0 Å². The average Bonchev–Trinajstić information content (AvgIpc) is 2.97. The minimum Gasteiger partial charge on any atom is -0.335 e. The van der Waals surface area contributed by atoms with E-state index in [1.54, 1.807) is 6.07 Å². The number of fused-ring (bicyclic) bond motifs is 4. The summed E-state index contributed by atoms with van der Waals surface area (Å²) >= 11 is 0. The van der Waals surface area contributed by atoms with Crippen molar-refractivity contribution >= 4 is 27.5 Å². The second-order valence-corrected chi connectivity index (χ2v) is 10.5. The molecular formula is C22H29N3O3S. The van der Waals surface area contributed by atoms with E-state index in [1.807, 2.05) is 21.9 Å². The molecule has 156 valence electrons. The number of hydrogen-bond donors (Lipinski definition) is 0. The van der Waals surface area contributed by atoms with Crippen molar-refractivity contribution in [3.63, 3.8) is 0 Å². The molecule has 29 heavy (non-hydrogen) atoms. The van der Waals surface area contributed by atoms with Gasteiger partial charge in [-0.15, -0.1) is 4.40 Å². The zero-order valence-electron chi connectivity index (χ0n) is 16.8. The molecule has 1 aromatic rings. The van der Waals surface area contributed by atoms with Crippen molar-refractivity contribution in [3.05, 3.63) is 23.8 Å². The number of amides is 1. The summed E-state index contributed by atoms with van der Waals surface area (Å²) < 4.78 is 29.9. The Morgan fingerprint density at radius 2 is 1.79 bits per heavy atom. The van der Waals surface area contributed by atoms with Crippen molar-refractivity contribution in [3.8, 4) is 0 Å². The van der Waals surface area contributed by atoms with Crippen LogP contribution >= 0.6 is 0 Å². The number of carbonyl (C=O) groups is 1. The lowest BCUT2D eigenvalue weighted by Crippen LogP contribution is -2.49. The van der Waals surface area contributed by atoms with E-state index >= 15 is 0 Å². The Morgan fingerprint density at radius 1 is 0.966 bits per heavy atom. The van der Waals surface area contributed by atoms with Crippen LogP contribution in [0.5, 0.6) is 0 Å². The van der Waals surface area contributed by atoms with Gasteiger partial charge >= 0.3 is 0 Å². The number of likely N-dealkylation sites (tertiary alicyclic amines) is 1. The van der Waals surface area contributed by atoms with Crippen LogP contribution < -0.4 is 4.90 Å². The molecule has 3 aliphatic heterocycles. The van der Waals surface area contributed by atoms with Crippen LogP contribution in [0.25, 0.3) is 0 Å². The number of sulfonamides is 1. The molecule has 3 fully saturated rings. The molecule has 7 heteroatoms. The molecule has 4 aliphatic rings. The molecule has 1 saturated carbocycles. The summed E-state index contributed by atoms with van der Waals surface area (Å²) in [6.07, 6.45) is 10.7. The Morgan fingerprint density at radius 3 is 2.69 bits per heavy atom. The molecule has 0 N–H and O–H groups in total. The minimum absolute atomic E-state index is 0.0229. The van der Waals surface area contributed by atoms with Gasteiger partial charge in [0.15, 0.2) is 0 Å². The molecule has 3 heterocycles. The van der Waals surface area contributed by atoms with Gasteiger partial charge in [-0.1, -0.05) is 19.3 Å². The van der Waals surface area contributed by atoms with Gasteiger partial charge in [-0.2, -0.15) is 8.42 Å². The molecule has 2 saturated heterocycles. The first kappa shape index (κ1) is 19.1. The Kier molecular flexibility index (Phi) is 4.88. The number of anilines is 1. The van der Waals surface area contributed by atoms with E-state index in [0.29, 0.717) is 35.5 Å². The van der Waals surface area contributed by atoms with Crippen LogP contribution in [-0.2, 0) is 10.0 Å². The van der Waals surface area contributed by atoms with E-state index in [9.17, 15) is 13.2 Å². The van der Waals surface area contributed by atoms with Crippen LogP contribution in [0.4, 0.5) is 5.69 Å². The van der Waals surface area contributed by atoms with Gasteiger partial charge in [0.25, 0.3) is 15.9 Å². The van der Waals surface area contributed by atoms with E-state index in [-0.39, 0.29) is 10.8 Å². The maximum absolute atomic E-state index is 13.4. The van der Waals surface area contributed by atoms with Crippen LogP contribution in [0.15, 0.2) is 27.5 Å². The maximum atomic E-state index is 13.4.